The lowest BCUT2D eigenvalue weighted by Crippen LogP contribution is -1.88. The summed E-state index contributed by atoms with van der Waals surface area (Å²) in [4.78, 5) is 15.6. The van der Waals surface area contributed by atoms with Gasteiger partial charge in [0.2, 0.25) is 0 Å². The van der Waals surface area contributed by atoms with Gasteiger partial charge in [-0.1, -0.05) is 11.2 Å². The van der Waals surface area contributed by atoms with Crippen LogP contribution in [-0.2, 0) is 6.42 Å². The SMILES string of the molecule is O=[N+]([O-])c1ccc(-c2nc(Cc3cccs3)no2)cc1. The number of thiophene rings is 1. The highest BCUT2D eigenvalue weighted by molar-refractivity contribution is 7.09. The van der Waals surface area contributed by atoms with Crippen molar-refractivity contribution in [1.82, 2.24) is 10.1 Å². The third-order valence-corrected chi connectivity index (χ3v) is 3.58. The van der Waals surface area contributed by atoms with Crippen molar-refractivity contribution in [3.05, 3.63) is 62.6 Å². The first kappa shape index (κ1) is 12.5. The summed E-state index contributed by atoms with van der Waals surface area (Å²) in [5.74, 6) is 0.965. The average molecular weight is 287 g/mol. The van der Waals surface area contributed by atoms with Crippen LogP contribution in [-0.4, -0.2) is 15.1 Å². The van der Waals surface area contributed by atoms with Crippen molar-refractivity contribution < 1.29 is 9.45 Å². The minimum atomic E-state index is -0.445. The van der Waals surface area contributed by atoms with Gasteiger partial charge in [-0.15, -0.1) is 11.3 Å². The molecule has 0 aliphatic carbocycles. The molecule has 0 aliphatic rings. The number of hydrogen-bond donors (Lipinski definition) is 0. The Morgan fingerprint density at radius 3 is 2.70 bits per heavy atom. The zero-order valence-corrected chi connectivity index (χ0v) is 11.0. The van der Waals surface area contributed by atoms with Crippen LogP contribution >= 0.6 is 11.3 Å². The van der Waals surface area contributed by atoms with Gasteiger partial charge in [0.15, 0.2) is 5.82 Å². The molecular weight excluding hydrogens is 278 g/mol. The zero-order chi connectivity index (χ0) is 13.9. The van der Waals surface area contributed by atoms with E-state index in [1.165, 1.54) is 12.1 Å². The summed E-state index contributed by atoms with van der Waals surface area (Å²) in [7, 11) is 0. The first-order chi connectivity index (χ1) is 9.72. The molecule has 100 valence electrons. The van der Waals surface area contributed by atoms with Gasteiger partial charge >= 0.3 is 0 Å². The predicted octanol–water partition coefficient (Wildman–Crippen LogP) is 3.30. The van der Waals surface area contributed by atoms with Crippen molar-refractivity contribution in [2.45, 2.75) is 6.42 Å². The zero-order valence-electron chi connectivity index (χ0n) is 10.2. The third kappa shape index (κ3) is 2.57. The van der Waals surface area contributed by atoms with Crippen molar-refractivity contribution in [3.63, 3.8) is 0 Å². The van der Waals surface area contributed by atoms with Crippen molar-refractivity contribution in [3.8, 4) is 11.5 Å². The number of hydrogen-bond acceptors (Lipinski definition) is 6. The highest BCUT2D eigenvalue weighted by Crippen LogP contribution is 2.21. The number of benzene rings is 1. The summed E-state index contributed by atoms with van der Waals surface area (Å²) in [5, 5.41) is 16.5. The van der Waals surface area contributed by atoms with Crippen molar-refractivity contribution in [1.29, 1.82) is 0 Å². The second-order valence-corrected chi connectivity index (χ2v) is 5.11. The minimum Gasteiger partial charge on any atom is -0.334 e. The maximum Gasteiger partial charge on any atom is 0.269 e. The van der Waals surface area contributed by atoms with E-state index in [9.17, 15) is 10.1 Å². The fourth-order valence-electron chi connectivity index (χ4n) is 1.74. The van der Waals surface area contributed by atoms with E-state index < -0.39 is 4.92 Å². The minimum absolute atomic E-state index is 0.0343. The van der Waals surface area contributed by atoms with Crippen LogP contribution in [0.2, 0.25) is 0 Å². The smallest absolute Gasteiger partial charge is 0.269 e. The van der Waals surface area contributed by atoms with Gasteiger partial charge < -0.3 is 4.52 Å². The lowest BCUT2D eigenvalue weighted by atomic mass is 10.2. The summed E-state index contributed by atoms with van der Waals surface area (Å²) in [5.41, 5.74) is 0.701. The number of nitro benzene ring substituents is 1. The van der Waals surface area contributed by atoms with E-state index in [0.29, 0.717) is 23.7 Å². The molecule has 0 aliphatic heterocycles. The van der Waals surface area contributed by atoms with E-state index in [0.717, 1.165) is 4.88 Å². The third-order valence-electron chi connectivity index (χ3n) is 2.71. The van der Waals surface area contributed by atoms with E-state index in [2.05, 4.69) is 10.1 Å². The largest absolute Gasteiger partial charge is 0.334 e. The van der Waals surface area contributed by atoms with E-state index in [1.807, 2.05) is 17.5 Å². The maximum atomic E-state index is 10.6. The van der Waals surface area contributed by atoms with Gasteiger partial charge in [-0.25, -0.2) is 0 Å². The molecule has 0 unspecified atom stereocenters. The summed E-state index contributed by atoms with van der Waals surface area (Å²) < 4.78 is 5.17. The molecule has 0 saturated carbocycles. The molecule has 0 spiro atoms. The highest BCUT2D eigenvalue weighted by atomic mass is 32.1. The molecule has 2 heterocycles. The first-order valence-corrected chi connectivity index (χ1v) is 6.70. The number of nitro groups is 1. The molecule has 0 atom stereocenters. The Labute approximate surface area is 117 Å². The summed E-state index contributed by atoms with van der Waals surface area (Å²) in [6.45, 7) is 0. The lowest BCUT2D eigenvalue weighted by molar-refractivity contribution is -0.384. The molecule has 3 rings (SSSR count). The van der Waals surface area contributed by atoms with Gasteiger partial charge in [0.05, 0.1) is 4.92 Å². The Bertz CT molecular complexity index is 720. The number of aromatic nitrogens is 2. The Kier molecular flexibility index (Phi) is 3.26. The molecule has 2 aromatic heterocycles. The molecule has 0 amide bonds. The second-order valence-electron chi connectivity index (χ2n) is 4.08. The lowest BCUT2D eigenvalue weighted by Gasteiger charge is -1.93. The van der Waals surface area contributed by atoms with Gasteiger partial charge in [-0.2, -0.15) is 4.98 Å². The van der Waals surface area contributed by atoms with Crippen molar-refractivity contribution in [2.24, 2.45) is 0 Å². The van der Waals surface area contributed by atoms with Crippen LogP contribution in [0.5, 0.6) is 0 Å². The average Bonchev–Trinajstić information content (AvgIpc) is 3.11. The molecule has 6 nitrogen and oxygen atoms in total. The van der Waals surface area contributed by atoms with Crippen LogP contribution in [0.15, 0.2) is 46.3 Å². The van der Waals surface area contributed by atoms with Crippen LogP contribution < -0.4 is 0 Å². The Morgan fingerprint density at radius 1 is 1.25 bits per heavy atom. The van der Waals surface area contributed by atoms with Crippen LogP contribution in [0.25, 0.3) is 11.5 Å². The molecule has 0 bridgehead atoms. The molecule has 0 fully saturated rings. The fraction of sp³-hybridized carbons (Fsp3) is 0.0769. The van der Waals surface area contributed by atoms with Crippen LogP contribution in [0, 0.1) is 10.1 Å². The first-order valence-electron chi connectivity index (χ1n) is 5.82. The van der Waals surface area contributed by atoms with Crippen molar-refractivity contribution in [2.75, 3.05) is 0 Å². The van der Waals surface area contributed by atoms with Crippen LogP contribution in [0.4, 0.5) is 5.69 Å². The normalized spacial score (nSPS) is 10.6. The second kappa shape index (κ2) is 5.22. The monoisotopic (exact) mass is 287 g/mol. The molecule has 0 N–H and O–H groups in total. The molecular formula is C13H9N3O3S. The van der Waals surface area contributed by atoms with Gasteiger partial charge in [-0.05, 0) is 23.6 Å². The van der Waals surface area contributed by atoms with Gasteiger partial charge in [0.1, 0.15) is 0 Å². The highest BCUT2D eigenvalue weighted by Gasteiger charge is 2.11. The van der Waals surface area contributed by atoms with Gasteiger partial charge in [0.25, 0.3) is 11.6 Å². The van der Waals surface area contributed by atoms with E-state index in [4.69, 9.17) is 4.52 Å². The molecule has 7 heteroatoms. The maximum absolute atomic E-state index is 10.6. The van der Waals surface area contributed by atoms with Crippen molar-refractivity contribution >= 4 is 17.0 Å². The summed E-state index contributed by atoms with van der Waals surface area (Å²) in [6.07, 6.45) is 0.619. The topological polar surface area (TPSA) is 82.1 Å². The fourth-order valence-corrected chi connectivity index (χ4v) is 2.44. The molecule has 0 radical (unpaired) electrons. The number of non-ortho nitro benzene ring substituents is 1. The van der Waals surface area contributed by atoms with E-state index in [-0.39, 0.29) is 5.69 Å². The summed E-state index contributed by atoms with van der Waals surface area (Å²) in [6, 6.07) is 10.0. The predicted molar refractivity (Wildman–Crippen MR) is 73.5 cm³/mol. The van der Waals surface area contributed by atoms with Gasteiger partial charge in [0, 0.05) is 29.0 Å². The quantitative estimate of drug-likeness (QED) is 0.543. The number of rotatable bonds is 4. The molecule has 3 aromatic rings. The van der Waals surface area contributed by atoms with E-state index in [1.54, 1.807) is 23.5 Å². The number of nitrogens with zero attached hydrogens (tertiary/aromatic N) is 3. The van der Waals surface area contributed by atoms with E-state index >= 15 is 0 Å². The van der Waals surface area contributed by atoms with Crippen LogP contribution in [0.1, 0.15) is 10.7 Å². The Balaban J connectivity index is 1.80. The molecule has 20 heavy (non-hydrogen) atoms. The van der Waals surface area contributed by atoms with Crippen LogP contribution in [0.3, 0.4) is 0 Å². The van der Waals surface area contributed by atoms with Gasteiger partial charge in [-0.3, -0.25) is 10.1 Å². The standard InChI is InChI=1S/C13H9N3O3S/c17-16(18)10-5-3-9(4-6-10)13-14-12(15-19-13)8-11-2-1-7-20-11/h1-7H,8H2. The molecule has 1 aromatic carbocycles. The summed E-state index contributed by atoms with van der Waals surface area (Å²) >= 11 is 1.63. The molecule has 0 saturated heterocycles. The Hall–Kier alpha value is -2.54. The Morgan fingerprint density at radius 2 is 2.05 bits per heavy atom.